The van der Waals surface area contributed by atoms with Crippen molar-refractivity contribution in [3.8, 4) is 5.75 Å². The lowest BCUT2D eigenvalue weighted by Gasteiger charge is -2.23. The van der Waals surface area contributed by atoms with Crippen molar-refractivity contribution in [2.24, 2.45) is 0 Å². The topological polar surface area (TPSA) is 44.8 Å². The van der Waals surface area contributed by atoms with E-state index < -0.39 is 12.1 Å². The number of rotatable bonds is 5. The maximum Gasteiger partial charge on any atom is 0.340 e. The molecular formula is C15H17Cl3O4. The standard InChI is InChI=1S/C15H17Cl3O4/c1-9(21-8-11-4-2-3-5-20-11)15(19)22-14-12(17)6-10(16)7-13(14)18/h6-7,9,11H,2-5,8H2,1H3. The van der Waals surface area contributed by atoms with Gasteiger partial charge in [-0.2, -0.15) is 0 Å². The molecule has 2 atom stereocenters. The SMILES string of the molecule is CC(OCC1CCCCO1)C(=O)Oc1c(Cl)cc(Cl)cc1Cl. The fraction of sp³-hybridized carbons (Fsp3) is 0.533. The van der Waals surface area contributed by atoms with Gasteiger partial charge in [0.05, 0.1) is 22.8 Å². The van der Waals surface area contributed by atoms with E-state index in [-0.39, 0.29) is 21.9 Å². The summed E-state index contributed by atoms with van der Waals surface area (Å²) >= 11 is 17.8. The summed E-state index contributed by atoms with van der Waals surface area (Å²) in [5.41, 5.74) is 0. The molecule has 0 saturated carbocycles. The predicted molar refractivity (Wildman–Crippen MR) is 86.1 cm³/mol. The van der Waals surface area contributed by atoms with Crippen LogP contribution in [0.25, 0.3) is 0 Å². The van der Waals surface area contributed by atoms with Gasteiger partial charge in [-0.15, -0.1) is 0 Å². The molecule has 0 amide bonds. The van der Waals surface area contributed by atoms with Crippen molar-refractivity contribution < 1.29 is 19.0 Å². The number of hydrogen-bond donors (Lipinski definition) is 0. The number of carbonyl (C=O) groups excluding carboxylic acids is 1. The zero-order valence-electron chi connectivity index (χ0n) is 12.1. The van der Waals surface area contributed by atoms with E-state index in [1.165, 1.54) is 12.1 Å². The highest BCUT2D eigenvalue weighted by molar-refractivity contribution is 6.40. The molecule has 0 aliphatic carbocycles. The molecule has 2 rings (SSSR count). The van der Waals surface area contributed by atoms with Gasteiger partial charge < -0.3 is 14.2 Å². The van der Waals surface area contributed by atoms with E-state index >= 15 is 0 Å². The maximum atomic E-state index is 12.0. The van der Waals surface area contributed by atoms with Gasteiger partial charge in [0.15, 0.2) is 11.9 Å². The van der Waals surface area contributed by atoms with Crippen LogP contribution in [-0.2, 0) is 14.3 Å². The van der Waals surface area contributed by atoms with E-state index in [0.717, 1.165) is 25.9 Å². The minimum atomic E-state index is -0.742. The third-order valence-corrected chi connectivity index (χ3v) is 4.08. The smallest absolute Gasteiger partial charge is 0.340 e. The molecule has 0 N–H and O–H groups in total. The van der Waals surface area contributed by atoms with E-state index in [0.29, 0.717) is 11.6 Å². The summed E-state index contributed by atoms with van der Waals surface area (Å²) in [6, 6.07) is 2.91. The molecule has 1 fully saturated rings. The fourth-order valence-electron chi connectivity index (χ4n) is 2.07. The highest BCUT2D eigenvalue weighted by Gasteiger charge is 2.22. The number of ether oxygens (including phenoxy) is 3. The molecule has 1 heterocycles. The fourth-order valence-corrected chi connectivity index (χ4v) is 2.96. The van der Waals surface area contributed by atoms with Gasteiger partial charge in [-0.1, -0.05) is 34.8 Å². The number of esters is 1. The molecular weight excluding hydrogens is 351 g/mol. The van der Waals surface area contributed by atoms with Gasteiger partial charge in [0.25, 0.3) is 0 Å². The Balaban J connectivity index is 1.88. The third kappa shape index (κ3) is 5.00. The van der Waals surface area contributed by atoms with E-state index in [9.17, 15) is 4.79 Å². The highest BCUT2D eigenvalue weighted by atomic mass is 35.5. The summed E-state index contributed by atoms with van der Waals surface area (Å²) in [4.78, 5) is 12.0. The molecule has 1 aromatic rings. The van der Waals surface area contributed by atoms with Crippen LogP contribution >= 0.6 is 34.8 Å². The molecule has 7 heteroatoms. The Morgan fingerprint density at radius 3 is 2.59 bits per heavy atom. The van der Waals surface area contributed by atoms with E-state index in [1.807, 2.05) is 0 Å². The van der Waals surface area contributed by atoms with Crippen LogP contribution < -0.4 is 4.74 Å². The van der Waals surface area contributed by atoms with Gasteiger partial charge in [0.1, 0.15) is 0 Å². The van der Waals surface area contributed by atoms with Crippen LogP contribution in [0.2, 0.25) is 15.1 Å². The number of carbonyl (C=O) groups is 1. The van der Waals surface area contributed by atoms with Crippen LogP contribution in [0.1, 0.15) is 26.2 Å². The van der Waals surface area contributed by atoms with Gasteiger partial charge >= 0.3 is 5.97 Å². The molecule has 0 bridgehead atoms. The van der Waals surface area contributed by atoms with E-state index in [1.54, 1.807) is 6.92 Å². The van der Waals surface area contributed by atoms with Gasteiger partial charge in [-0.05, 0) is 38.3 Å². The Bertz CT molecular complexity index is 507. The maximum absolute atomic E-state index is 12.0. The van der Waals surface area contributed by atoms with Crippen molar-refractivity contribution in [3.63, 3.8) is 0 Å². The minimum absolute atomic E-state index is 0.0340. The first-order valence-corrected chi connectivity index (χ1v) is 8.20. The van der Waals surface area contributed by atoms with Gasteiger partial charge in [0.2, 0.25) is 0 Å². The average Bonchev–Trinajstić information content (AvgIpc) is 2.49. The van der Waals surface area contributed by atoms with Crippen LogP contribution in [0.4, 0.5) is 0 Å². The molecule has 2 unspecified atom stereocenters. The Labute approximate surface area is 144 Å². The van der Waals surface area contributed by atoms with Gasteiger partial charge in [-0.3, -0.25) is 0 Å². The summed E-state index contributed by atoms with van der Waals surface area (Å²) < 4.78 is 16.3. The lowest BCUT2D eigenvalue weighted by atomic mass is 10.1. The number of benzene rings is 1. The van der Waals surface area contributed by atoms with Crippen molar-refractivity contribution >= 4 is 40.8 Å². The highest BCUT2D eigenvalue weighted by Crippen LogP contribution is 2.36. The largest absolute Gasteiger partial charge is 0.421 e. The predicted octanol–water partition coefficient (Wildman–Crippen LogP) is 4.53. The molecule has 1 aromatic carbocycles. The Hall–Kier alpha value is -0.520. The Kier molecular flexibility index (Phi) is 6.78. The molecule has 0 spiro atoms. The lowest BCUT2D eigenvalue weighted by molar-refractivity contribution is -0.149. The summed E-state index contributed by atoms with van der Waals surface area (Å²) in [5.74, 6) is -0.482. The molecule has 122 valence electrons. The summed E-state index contributed by atoms with van der Waals surface area (Å²) in [7, 11) is 0. The average molecular weight is 368 g/mol. The van der Waals surface area contributed by atoms with Crippen LogP contribution in [0, 0.1) is 0 Å². The van der Waals surface area contributed by atoms with Crippen LogP contribution in [0.5, 0.6) is 5.75 Å². The number of halogens is 3. The quantitative estimate of drug-likeness (QED) is 0.567. The van der Waals surface area contributed by atoms with Gasteiger partial charge in [0, 0.05) is 11.6 Å². The van der Waals surface area contributed by atoms with E-state index in [2.05, 4.69) is 0 Å². The summed E-state index contributed by atoms with van der Waals surface area (Å²) in [5, 5.41) is 0.718. The van der Waals surface area contributed by atoms with Crippen molar-refractivity contribution in [2.45, 2.75) is 38.4 Å². The second kappa shape index (κ2) is 8.37. The third-order valence-electron chi connectivity index (χ3n) is 3.30. The van der Waals surface area contributed by atoms with Crippen molar-refractivity contribution in [1.29, 1.82) is 0 Å². The normalized spacial score (nSPS) is 19.7. The van der Waals surface area contributed by atoms with E-state index in [4.69, 9.17) is 49.0 Å². The monoisotopic (exact) mass is 366 g/mol. The molecule has 4 nitrogen and oxygen atoms in total. The van der Waals surface area contributed by atoms with Crippen LogP contribution in [0.15, 0.2) is 12.1 Å². The number of hydrogen-bond acceptors (Lipinski definition) is 4. The molecule has 0 aromatic heterocycles. The summed E-state index contributed by atoms with van der Waals surface area (Å²) in [6.07, 6.45) is 2.42. The Morgan fingerprint density at radius 1 is 1.32 bits per heavy atom. The first-order valence-electron chi connectivity index (χ1n) is 7.07. The van der Waals surface area contributed by atoms with Crippen LogP contribution in [0.3, 0.4) is 0 Å². The second-order valence-electron chi connectivity index (χ2n) is 5.08. The molecule has 22 heavy (non-hydrogen) atoms. The van der Waals surface area contributed by atoms with Crippen LogP contribution in [-0.4, -0.2) is 31.4 Å². The minimum Gasteiger partial charge on any atom is -0.421 e. The molecule has 1 saturated heterocycles. The zero-order chi connectivity index (χ0) is 16.1. The first-order chi connectivity index (χ1) is 10.5. The summed E-state index contributed by atoms with van der Waals surface area (Å²) in [6.45, 7) is 2.71. The molecule has 1 aliphatic rings. The molecule has 0 radical (unpaired) electrons. The second-order valence-corrected chi connectivity index (χ2v) is 6.33. The van der Waals surface area contributed by atoms with Crippen molar-refractivity contribution in [1.82, 2.24) is 0 Å². The zero-order valence-corrected chi connectivity index (χ0v) is 14.4. The van der Waals surface area contributed by atoms with Crippen molar-refractivity contribution in [2.75, 3.05) is 13.2 Å². The van der Waals surface area contributed by atoms with Gasteiger partial charge in [-0.25, -0.2) is 4.79 Å². The first kappa shape index (κ1) is 17.8. The molecule has 1 aliphatic heterocycles. The van der Waals surface area contributed by atoms with Crippen molar-refractivity contribution in [3.05, 3.63) is 27.2 Å². The Morgan fingerprint density at radius 2 is 2.00 bits per heavy atom. The lowest BCUT2D eigenvalue weighted by Crippen LogP contribution is -2.31.